The van der Waals surface area contributed by atoms with Crippen LogP contribution in [0.3, 0.4) is 0 Å². The number of fused-ring (bicyclic) bond motifs is 1. The van der Waals surface area contributed by atoms with E-state index in [1.807, 2.05) is 36.4 Å². The topological polar surface area (TPSA) is 101 Å². The van der Waals surface area contributed by atoms with Crippen molar-refractivity contribution in [2.24, 2.45) is 0 Å². The largest absolute Gasteiger partial charge is 0.466 e. The van der Waals surface area contributed by atoms with Crippen molar-refractivity contribution in [2.75, 3.05) is 13.7 Å². The zero-order chi connectivity index (χ0) is 25.5. The monoisotopic (exact) mass is 485 g/mol. The number of H-pyrrole nitrogens is 1. The molecule has 0 spiro atoms. The molecular formula is C28H24FN3O4. The highest BCUT2D eigenvalue weighted by molar-refractivity contribution is 5.94. The predicted octanol–water partition coefficient (Wildman–Crippen LogP) is 3.81. The zero-order valence-electron chi connectivity index (χ0n) is 19.6. The second-order valence-corrected chi connectivity index (χ2v) is 8.14. The van der Waals surface area contributed by atoms with Gasteiger partial charge in [-0.2, -0.15) is 5.10 Å². The lowest BCUT2D eigenvalue weighted by atomic mass is 10.0. The Hall–Kier alpha value is -4.59. The molecule has 1 amide bonds. The minimum atomic E-state index is -0.614. The van der Waals surface area contributed by atoms with E-state index in [0.717, 1.165) is 11.1 Å². The Morgan fingerprint density at radius 2 is 1.75 bits per heavy atom. The number of aromatic amines is 1. The molecule has 0 atom stereocenters. The molecule has 0 aliphatic rings. The van der Waals surface area contributed by atoms with Crippen LogP contribution in [-0.2, 0) is 22.4 Å². The van der Waals surface area contributed by atoms with Crippen molar-refractivity contribution in [2.45, 2.75) is 12.8 Å². The molecule has 7 nitrogen and oxygen atoms in total. The van der Waals surface area contributed by atoms with Crippen LogP contribution in [0.5, 0.6) is 0 Å². The van der Waals surface area contributed by atoms with Crippen LogP contribution in [0.15, 0.2) is 77.6 Å². The Morgan fingerprint density at radius 1 is 1.03 bits per heavy atom. The maximum absolute atomic E-state index is 14.5. The van der Waals surface area contributed by atoms with E-state index in [4.69, 9.17) is 0 Å². The lowest BCUT2D eigenvalue weighted by Gasteiger charge is -2.09. The number of nitrogens with zero attached hydrogens (tertiary/aromatic N) is 1. The highest BCUT2D eigenvalue weighted by Crippen LogP contribution is 2.18. The first-order valence-corrected chi connectivity index (χ1v) is 11.3. The van der Waals surface area contributed by atoms with E-state index in [1.165, 1.54) is 25.3 Å². The average molecular weight is 486 g/mol. The van der Waals surface area contributed by atoms with E-state index in [2.05, 4.69) is 20.3 Å². The summed E-state index contributed by atoms with van der Waals surface area (Å²) in [7, 11) is 1.32. The molecule has 3 aromatic carbocycles. The Morgan fingerprint density at radius 3 is 2.50 bits per heavy atom. The van der Waals surface area contributed by atoms with Crippen molar-refractivity contribution in [1.29, 1.82) is 0 Å². The van der Waals surface area contributed by atoms with Crippen molar-refractivity contribution >= 4 is 28.7 Å². The van der Waals surface area contributed by atoms with Crippen LogP contribution in [0.4, 0.5) is 4.39 Å². The van der Waals surface area contributed by atoms with E-state index < -0.39 is 17.7 Å². The number of halogens is 1. The molecule has 1 heterocycles. The molecule has 0 aliphatic heterocycles. The number of amides is 1. The Labute approximate surface area is 206 Å². The second-order valence-electron chi connectivity index (χ2n) is 8.14. The number of hydrogen-bond donors (Lipinski definition) is 2. The quantitative estimate of drug-likeness (QED) is 0.292. The first-order valence-electron chi connectivity index (χ1n) is 11.3. The van der Waals surface area contributed by atoms with Crippen molar-refractivity contribution in [1.82, 2.24) is 15.5 Å². The molecule has 8 heteroatoms. The summed E-state index contributed by atoms with van der Waals surface area (Å²) in [5, 5.41) is 10.6. The Balaban J connectivity index is 1.40. The highest BCUT2D eigenvalue weighted by Gasteiger charge is 2.14. The third kappa shape index (κ3) is 5.90. The van der Waals surface area contributed by atoms with Crippen LogP contribution < -0.4 is 10.9 Å². The summed E-state index contributed by atoms with van der Waals surface area (Å²) in [5.74, 6) is -1.55. The van der Waals surface area contributed by atoms with Gasteiger partial charge in [0, 0.05) is 24.4 Å². The van der Waals surface area contributed by atoms with Crippen LogP contribution in [0.25, 0.3) is 16.8 Å². The predicted molar refractivity (Wildman–Crippen MR) is 135 cm³/mol. The number of ether oxygens (including phenoxy) is 1. The van der Waals surface area contributed by atoms with Gasteiger partial charge >= 0.3 is 5.97 Å². The minimum Gasteiger partial charge on any atom is -0.466 e. The van der Waals surface area contributed by atoms with Crippen LogP contribution >= 0.6 is 0 Å². The average Bonchev–Trinajstić information content (AvgIpc) is 2.90. The Kier molecular flexibility index (Phi) is 7.65. The van der Waals surface area contributed by atoms with E-state index in [9.17, 15) is 18.8 Å². The molecule has 2 N–H and O–H groups in total. The van der Waals surface area contributed by atoms with Crippen molar-refractivity contribution in [3.05, 3.63) is 117 Å². The normalized spacial score (nSPS) is 11.1. The van der Waals surface area contributed by atoms with Crippen molar-refractivity contribution < 1.29 is 18.7 Å². The number of methoxy groups -OCH3 is 1. The summed E-state index contributed by atoms with van der Waals surface area (Å²) in [6.45, 7) is 0.325. The molecule has 36 heavy (non-hydrogen) atoms. The van der Waals surface area contributed by atoms with Crippen molar-refractivity contribution in [3.63, 3.8) is 0 Å². The number of nitrogens with one attached hydrogen (secondary N) is 2. The second kappa shape index (κ2) is 11.2. The summed E-state index contributed by atoms with van der Waals surface area (Å²) < 4.78 is 19.0. The van der Waals surface area contributed by atoms with Gasteiger partial charge < -0.3 is 10.1 Å². The standard InChI is InChI=1S/C28H24FN3O4/c1-36-26(33)13-11-18-6-8-19(9-7-18)14-15-30-27(34)23-16-20(10-12-24(23)29)17-25-21-4-2-3-5-22(21)28(35)32-31-25/h2-13,16H,14-15,17H2,1H3,(H,30,34)(H,32,35)/b13-11+. The summed E-state index contributed by atoms with van der Waals surface area (Å²) in [6.07, 6.45) is 3.88. The SMILES string of the molecule is COC(=O)/C=C/c1ccc(CCNC(=O)c2cc(Cc3n[nH]c(=O)c4ccccc34)ccc2F)cc1. The van der Waals surface area contributed by atoms with Gasteiger partial charge in [0.1, 0.15) is 5.82 Å². The molecular weight excluding hydrogens is 461 g/mol. The number of aromatic nitrogens is 2. The van der Waals surface area contributed by atoms with Gasteiger partial charge in [-0.05, 0) is 47.4 Å². The highest BCUT2D eigenvalue weighted by atomic mass is 19.1. The summed E-state index contributed by atoms with van der Waals surface area (Å²) >= 11 is 0. The van der Waals surface area contributed by atoms with Gasteiger partial charge in [-0.15, -0.1) is 0 Å². The maximum atomic E-state index is 14.5. The molecule has 4 aromatic rings. The van der Waals surface area contributed by atoms with E-state index in [1.54, 1.807) is 24.3 Å². The van der Waals surface area contributed by atoms with Crippen LogP contribution in [0.2, 0.25) is 0 Å². The van der Waals surface area contributed by atoms with Gasteiger partial charge in [-0.25, -0.2) is 14.3 Å². The fourth-order valence-corrected chi connectivity index (χ4v) is 3.80. The smallest absolute Gasteiger partial charge is 0.330 e. The van der Waals surface area contributed by atoms with Gasteiger partial charge in [-0.1, -0.05) is 48.5 Å². The molecule has 1 aromatic heterocycles. The molecule has 0 fully saturated rings. The first kappa shape index (κ1) is 24.5. The van der Waals surface area contributed by atoms with Crippen LogP contribution in [0.1, 0.15) is 32.7 Å². The third-order valence-corrected chi connectivity index (χ3v) is 5.71. The van der Waals surface area contributed by atoms with Gasteiger partial charge in [0.05, 0.1) is 23.8 Å². The Bertz CT molecular complexity index is 1490. The molecule has 0 saturated carbocycles. The van der Waals surface area contributed by atoms with E-state index in [0.29, 0.717) is 41.4 Å². The molecule has 182 valence electrons. The molecule has 0 unspecified atom stereocenters. The fraction of sp³-hybridized carbons (Fsp3) is 0.143. The fourth-order valence-electron chi connectivity index (χ4n) is 3.80. The summed E-state index contributed by atoms with van der Waals surface area (Å²) in [4.78, 5) is 35.9. The number of carbonyl (C=O) groups is 2. The summed E-state index contributed by atoms with van der Waals surface area (Å²) in [5.41, 5.74) is 2.83. The zero-order valence-corrected chi connectivity index (χ0v) is 19.6. The van der Waals surface area contributed by atoms with E-state index >= 15 is 0 Å². The molecule has 0 radical (unpaired) electrons. The van der Waals surface area contributed by atoms with Crippen molar-refractivity contribution in [3.8, 4) is 0 Å². The molecule has 0 bridgehead atoms. The van der Waals surface area contributed by atoms with Gasteiger partial charge in [0.2, 0.25) is 0 Å². The summed E-state index contributed by atoms with van der Waals surface area (Å²) in [6, 6.07) is 19.0. The maximum Gasteiger partial charge on any atom is 0.330 e. The molecule has 0 saturated heterocycles. The number of carbonyl (C=O) groups excluding carboxylic acids is 2. The van der Waals surface area contributed by atoms with Gasteiger partial charge in [0.25, 0.3) is 11.5 Å². The third-order valence-electron chi connectivity index (χ3n) is 5.71. The molecule has 4 rings (SSSR count). The van der Waals surface area contributed by atoms with Crippen LogP contribution in [0, 0.1) is 5.82 Å². The number of rotatable bonds is 8. The number of esters is 1. The number of benzene rings is 3. The first-order chi connectivity index (χ1) is 17.4. The number of hydrogen-bond acceptors (Lipinski definition) is 5. The lowest BCUT2D eigenvalue weighted by molar-refractivity contribution is -0.134. The van der Waals surface area contributed by atoms with Crippen LogP contribution in [-0.4, -0.2) is 35.7 Å². The minimum absolute atomic E-state index is 0.0514. The van der Waals surface area contributed by atoms with E-state index in [-0.39, 0.29) is 11.1 Å². The molecule has 0 aliphatic carbocycles. The van der Waals surface area contributed by atoms with Gasteiger partial charge in [-0.3, -0.25) is 9.59 Å². The van der Waals surface area contributed by atoms with Gasteiger partial charge in [0.15, 0.2) is 0 Å². The lowest BCUT2D eigenvalue weighted by Crippen LogP contribution is -2.26.